The molecular weight excluding hydrogens is 484 g/mol. The molecule has 3 rings (SSSR count). The van der Waals surface area contributed by atoms with Crippen LogP contribution in [0.5, 0.6) is 0 Å². The smallest absolute Gasteiger partial charge is 0.273 e. The number of anilines is 1. The molecule has 0 radical (unpaired) electrons. The van der Waals surface area contributed by atoms with E-state index in [-0.39, 0.29) is 40.6 Å². The fourth-order valence-corrected chi connectivity index (χ4v) is 4.33. The Bertz CT molecular complexity index is 1120. The van der Waals surface area contributed by atoms with Crippen LogP contribution in [0.2, 0.25) is 5.02 Å². The maximum Gasteiger partial charge on any atom is 0.273 e. The lowest BCUT2D eigenvalue weighted by atomic mass is 9.84. The minimum Gasteiger partial charge on any atom is -0.377 e. The number of halogens is 3. The van der Waals surface area contributed by atoms with Gasteiger partial charge in [0, 0.05) is 31.7 Å². The SMILES string of the molecule is COC(C)(C)CN(C(=O)c1[nH]cnc1C(N)=O)C1CCC(C(=O)Nc2cc(F)c(F)cc2Cl)CC1. The highest BCUT2D eigenvalue weighted by molar-refractivity contribution is 6.33. The molecule has 12 heteroatoms. The van der Waals surface area contributed by atoms with Crippen molar-refractivity contribution in [3.63, 3.8) is 0 Å². The number of aromatic nitrogens is 2. The van der Waals surface area contributed by atoms with E-state index in [1.54, 1.807) is 12.0 Å². The Morgan fingerprint density at radius 1 is 1.23 bits per heavy atom. The number of carbonyl (C=O) groups is 3. The number of methoxy groups -OCH3 is 1. The summed E-state index contributed by atoms with van der Waals surface area (Å²) < 4.78 is 32.4. The number of hydrogen-bond donors (Lipinski definition) is 3. The number of carbonyl (C=O) groups excluding carboxylic acids is 3. The standard InChI is InChI=1S/C23H28ClF2N5O4/c1-23(2,35-3)10-31(22(34)19-18(20(27)32)28-11-29-19)13-6-4-12(5-7-13)21(33)30-17-9-16(26)15(25)8-14(17)24/h8-9,11-13H,4-7,10H2,1-3H3,(H2,27,32)(H,28,29)(H,30,33). The quantitative estimate of drug-likeness (QED) is 0.467. The zero-order valence-electron chi connectivity index (χ0n) is 19.7. The predicted molar refractivity (Wildman–Crippen MR) is 125 cm³/mol. The molecule has 35 heavy (non-hydrogen) atoms. The van der Waals surface area contributed by atoms with Gasteiger partial charge in [-0.3, -0.25) is 14.4 Å². The van der Waals surface area contributed by atoms with Gasteiger partial charge in [-0.15, -0.1) is 0 Å². The van der Waals surface area contributed by atoms with Crippen molar-refractivity contribution in [2.24, 2.45) is 11.7 Å². The number of benzene rings is 1. The Balaban J connectivity index is 1.73. The number of amides is 3. The second kappa shape index (κ2) is 10.7. The number of imidazole rings is 1. The largest absolute Gasteiger partial charge is 0.377 e. The van der Waals surface area contributed by atoms with Crippen molar-refractivity contribution >= 4 is 35.0 Å². The van der Waals surface area contributed by atoms with Gasteiger partial charge in [-0.1, -0.05) is 11.6 Å². The molecule has 1 aliphatic carbocycles. The van der Waals surface area contributed by atoms with Crippen molar-refractivity contribution in [3.05, 3.63) is 46.5 Å². The molecule has 0 saturated heterocycles. The van der Waals surface area contributed by atoms with E-state index >= 15 is 0 Å². The van der Waals surface area contributed by atoms with Crippen molar-refractivity contribution in [3.8, 4) is 0 Å². The van der Waals surface area contributed by atoms with Gasteiger partial charge in [0.2, 0.25) is 5.91 Å². The van der Waals surface area contributed by atoms with Crippen LogP contribution in [0.25, 0.3) is 0 Å². The fraction of sp³-hybridized carbons (Fsp3) is 0.478. The van der Waals surface area contributed by atoms with Crippen LogP contribution in [-0.2, 0) is 9.53 Å². The van der Waals surface area contributed by atoms with Crippen LogP contribution in [0, 0.1) is 17.6 Å². The van der Waals surface area contributed by atoms with Gasteiger partial charge in [0.15, 0.2) is 17.3 Å². The van der Waals surface area contributed by atoms with Crippen molar-refractivity contribution in [1.29, 1.82) is 0 Å². The number of nitrogens with two attached hydrogens (primary N) is 1. The molecule has 1 aromatic carbocycles. The van der Waals surface area contributed by atoms with E-state index in [9.17, 15) is 23.2 Å². The van der Waals surface area contributed by atoms with E-state index in [1.165, 1.54) is 6.33 Å². The van der Waals surface area contributed by atoms with E-state index in [4.69, 9.17) is 22.1 Å². The minimum atomic E-state index is -1.11. The summed E-state index contributed by atoms with van der Waals surface area (Å²) in [5.74, 6) is -4.25. The van der Waals surface area contributed by atoms with E-state index in [1.807, 2.05) is 13.8 Å². The minimum absolute atomic E-state index is 0.00255. The highest BCUT2D eigenvalue weighted by Crippen LogP contribution is 2.32. The molecular formula is C23H28ClF2N5O4. The molecule has 9 nitrogen and oxygen atoms in total. The molecule has 1 heterocycles. The van der Waals surface area contributed by atoms with E-state index < -0.39 is 35.0 Å². The normalized spacial score (nSPS) is 18.2. The Hall–Kier alpha value is -3.05. The number of aromatic amines is 1. The van der Waals surface area contributed by atoms with Crippen molar-refractivity contribution in [2.75, 3.05) is 19.0 Å². The number of hydrogen-bond acceptors (Lipinski definition) is 5. The van der Waals surface area contributed by atoms with Gasteiger partial charge < -0.3 is 25.7 Å². The molecule has 1 aliphatic rings. The van der Waals surface area contributed by atoms with E-state index in [2.05, 4.69) is 15.3 Å². The molecule has 0 aliphatic heterocycles. The number of nitrogens with one attached hydrogen (secondary N) is 2. The second-order valence-corrected chi connectivity index (χ2v) is 9.54. The van der Waals surface area contributed by atoms with Gasteiger partial charge in [0.25, 0.3) is 11.8 Å². The fourth-order valence-electron chi connectivity index (χ4n) is 4.13. The number of H-pyrrole nitrogens is 1. The summed E-state index contributed by atoms with van der Waals surface area (Å²) in [6.45, 7) is 3.89. The van der Waals surface area contributed by atoms with Crippen LogP contribution in [0.15, 0.2) is 18.5 Å². The lowest BCUT2D eigenvalue weighted by Crippen LogP contribution is -2.50. The van der Waals surface area contributed by atoms with Crippen LogP contribution in [0.1, 0.15) is 60.5 Å². The maximum absolute atomic E-state index is 13.6. The molecule has 190 valence electrons. The van der Waals surface area contributed by atoms with Crippen LogP contribution in [-0.4, -0.2) is 57.9 Å². The third-order valence-electron chi connectivity index (χ3n) is 6.23. The van der Waals surface area contributed by atoms with Crippen molar-refractivity contribution in [1.82, 2.24) is 14.9 Å². The first-order valence-electron chi connectivity index (χ1n) is 11.1. The van der Waals surface area contributed by atoms with Gasteiger partial charge >= 0.3 is 0 Å². The molecule has 0 unspecified atom stereocenters. The monoisotopic (exact) mass is 511 g/mol. The van der Waals surface area contributed by atoms with Crippen LogP contribution < -0.4 is 11.1 Å². The molecule has 0 atom stereocenters. The highest BCUT2D eigenvalue weighted by atomic mass is 35.5. The summed E-state index contributed by atoms with van der Waals surface area (Å²) in [5, 5.41) is 2.46. The number of ether oxygens (including phenoxy) is 1. The van der Waals surface area contributed by atoms with Gasteiger partial charge in [-0.2, -0.15) is 0 Å². The summed E-state index contributed by atoms with van der Waals surface area (Å²) in [6.07, 6.45) is 3.11. The van der Waals surface area contributed by atoms with Gasteiger partial charge in [-0.25, -0.2) is 13.8 Å². The molecule has 0 bridgehead atoms. The molecule has 1 aromatic heterocycles. The molecule has 1 saturated carbocycles. The topological polar surface area (TPSA) is 130 Å². The highest BCUT2D eigenvalue weighted by Gasteiger charge is 2.36. The zero-order chi connectivity index (χ0) is 25.9. The van der Waals surface area contributed by atoms with Gasteiger partial charge in [0.05, 0.1) is 22.6 Å². The Morgan fingerprint density at radius 2 is 1.86 bits per heavy atom. The predicted octanol–water partition coefficient (Wildman–Crippen LogP) is 3.50. The Kier molecular flexibility index (Phi) is 8.11. The molecule has 0 spiro atoms. The third kappa shape index (κ3) is 6.15. The number of primary amides is 1. The first-order chi connectivity index (χ1) is 16.4. The Labute approximate surface area is 206 Å². The summed E-state index contributed by atoms with van der Waals surface area (Å²) in [4.78, 5) is 46.0. The van der Waals surface area contributed by atoms with Crippen molar-refractivity contribution < 1.29 is 27.9 Å². The van der Waals surface area contributed by atoms with Crippen LogP contribution >= 0.6 is 11.6 Å². The molecule has 2 aromatic rings. The van der Waals surface area contributed by atoms with Crippen LogP contribution in [0.4, 0.5) is 14.5 Å². The average molecular weight is 512 g/mol. The number of rotatable bonds is 8. The van der Waals surface area contributed by atoms with Gasteiger partial charge in [-0.05, 0) is 45.6 Å². The zero-order valence-corrected chi connectivity index (χ0v) is 20.4. The van der Waals surface area contributed by atoms with Crippen LogP contribution in [0.3, 0.4) is 0 Å². The Morgan fingerprint density at radius 3 is 2.46 bits per heavy atom. The van der Waals surface area contributed by atoms with Crippen molar-refractivity contribution in [2.45, 2.75) is 51.2 Å². The van der Waals surface area contributed by atoms with E-state index in [0.717, 1.165) is 12.1 Å². The summed E-state index contributed by atoms with van der Waals surface area (Å²) in [5.41, 5.74) is 4.52. The van der Waals surface area contributed by atoms with Gasteiger partial charge in [0.1, 0.15) is 5.69 Å². The lowest BCUT2D eigenvalue weighted by Gasteiger charge is -2.40. The molecule has 4 N–H and O–H groups in total. The third-order valence-corrected chi connectivity index (χ3v) is 6.54. The molecule has 1 fully saturated rings. The lowest BCUT2D eigenvalue weighted by molar-refractivity contribution is -0.121. The summed E-state index contributed by atoms with van der Waals surface area (Å²) in [7, 11) is 1.54. The average Bonchev–Trinajstić information content (AvgIpc) is 3.31. The maximum atomic E-state index is 13.6. The summed E-state index contributed by atoms with van der Waals surface area (Å²) >= 11 is 5.92. The first kappa shape index (κ1) is 26.6. The molecule has 3 amide bonds. The first-order valence-corrected chi connectivity index (χ1v) is 11.5. The van der Waals surface area contributed by atoms with E-state index in [0.29, 0.717) is 25.7 Å². The second-order valence-electron chi connectivity index (χ2n) is 9.13. The number of nitrogens with zero attached hydrogens (tertiary/aromatic N) is 2. The summed E-state index contributed by atoms with van der Waals surface area (Å²) in [6, 6.07) is 1.41.